The highest BCUT2D eigenvalue weighted by atomic mass is 16.4. The van der Waals surface area contributed by atoms with Crippen molar-refractivity contribution in [1.29, 1.82) is 0 Å². The number of hydrazone groups is 1. The van der Waals surface area contributed by atoms with Crippen LogP contribution in [0.3, 0.4) is 0 Å². The molecule has 1 aliphatic heterocycles. The summed E-state index contributed by atoms with van der Waals surface area (Å²) in [7, 11) is 0. The van der Waals surface area contributed by atoms with E-state index in [4.69, 9.17) is 5.11 Å². The Balaban J connectivity index is 1.49. The smallest absolute Gasteiger partial charge is 0.336 e. The maximum absolute atomic E-state index is 12.7. The van der Waals surface area contributed by atoms with Crippen molar-refractivity contribution in [3.63, 3.8) is 0 Å². The van der Waals surface area contributed by atoms with Crippen LogP contribution in [0.15, 0.2) is 65.8 Å². The zero-order chi connectivity index (χ0) is 19.7. The molecule has 7 heteroatoms. The van der Waals surface area contributed by atoms with Gasteiger partial charge in [-0.25, -0.2) is 10.2 Å². The molecule has 0 radical (unpaired) electrons. The number of rotatable bonds is 5. The molecule has 1 heterocycles. The van der Waals surface area contributed by atoms with E-state index in [9.17, 15) is 14.4 Å². The second-order valence-corrected chi connectivity index (χ2v) is 6.26. The van der Waals surface area contributed by atoms with Gasteiger partial charge in [0.15, 0.2) is 0 Å². The number of hydrogen-bond donors (Lipinski definition) is 2. The van der Waals surface area contributed by atoms with Crippen molar-refractivity contribution in [2.24, 2.45) is 5.10 Å². The van der Waals surface area contributed by atoms with Crippen molar-refractivity contribution in [3.8, 4) is 0 Å². The summed E-state index contributed by atoms with van der Waals surface area (Å²) >= 11 is 0. The highest BCUT2D eigenvalue weighted by Crippen LogP contribution is 2.36. The normalized spacial score (nSPS) is 12.7. The molecule has 3 aromatic carbocycles. The SMILES string of the molecule is O=C(CN1C(=O)c2cccc3cccc1c23)N/N=C/c1ccccc1C(=O)O. The number of hydrogen-bond acceptors (Lipinski definition) is 4. The van der Waals surface area contributed by atoms with E-state index in [1.165, 1.54) is 17.2 Å². The van der Waals surface area contributed by atoms with Gasteiger partial charge in [0.1, 0.15) is 6.54 Å². The predicted octanol–water partition coefficient (Wildman–Crippen LogP) is 2.65. The number of nitrogens with zero attached hydrogens (tertiary/aromatic N) is 2. The van der Waals surface area contributed by atoms with E-state index in [1.807, 2.05) is 24.3 Å². The first-order valence-corrected chi connectivity index (χ1v) is 8.54. The van der Waals surface area contributed by atoms with E-state index >= 15 is 0 Å². The van der Waals surface area contributed by atoms with E-state index < -0.39 is 11.9 Å². The molecule has 0 atom stereocenters. The van der Waals surface area contributed by atoms with Crippen LogP contribution in [-0.2, 0) is 4.79 Å². The minimum atomic E-state index is -1.08. The topological polar surface area (TPSA) is 99.1 Å². The van der Waals surface area contributed by atoms with Crippen molar-refractivity contribution in [3.05, 3.63) is 77.4 Å². The third kappa shape index (κ3) is 2.99. The van der Waals surface area contributed by atoms with Gasteiger partial charge in [-0.2, -0.15) is 5.10 Å². The van der Waals surface area contributed by atoms with Gasteiger partial charge in [-0.1, -0.05) is 42.5 Å². The van der Waals surface area contributed by atoms with E-state index in [0.29, 0.717) is 16.8 Å². The van der Waals surface area contributed by atoms with Gasteiger partial charge >= 0.3 is 5.97 Å². The number of carbonyl (C=O) groups excluding carboxylic acids is 2. The summed E-state index contributed by atoms with van der Waals surface area (Å²) in [6, 6.07) is 17.4. The van der Waals surface area contributed by atoms with Crippen LogP contribution in [0.2, 0.25) is 0 Å². The Morgan fingerprint density at radius 2 is 1.79 bits per heavy atom. The summed E-state index contributed by atoms with van der Waals surface area (Å²) in [6.45, 7) is -0.190. The molecule has 0 aromatic heterocycles. The first-order valence-electron chi connectivity index (χ1n) is 8.54. The minimum absolute atomic E-state index is 0.0809. The Labute approximate surface area is 159 Å². The standard InChI is InChI=1S/C21H15N3O4/c25-18(23-22-11-14-5-1-2-8-15(14)21(27)28)12-24-17-10-4-7-13-6-3-9-16(19(13)17)20(24)26/h1-11H,12H2,(H,23,25)(H,27,28)/b22-11+. The van der Waals surface area contributed by atoms with Crippen LogP contribution in [0.4, 0.5) is 5.69 Å². The fourth-order valence-corrected chi connectivity index (χ4v) is 3.29. The minimum Gasteiger partial charge on any atom is -0.478 e. The molecule has 0 saturated heterocycles. The van der Waals surface area contributed by atoms with Gasteiger partial charge in [-0.15, -0.1) is 0 Å². The highest BCUT2D eigenvalue weighted by Gasteiger charge is 2.30. The summed E-state index contributed by atoms with van der Waals surface area (Å²) in [6.07, 6.45) is 1.27. The molecule has 0 saturated carbocycles. The lowest BCUT2D eigenvalue weighted by atomic mass is 10.1. The molecule has 0 bridgehead atoms. The number of benzene rings is 3. The van der Waals surface area contributed by atoms with Crippen molar-refractivity contribution in [1.82, 2.24) is 5.43 Å². The van der Waals surface area contributed by atoms with Crippen LogP contribution in [0, 0.1) is 0 Å². The highest BCUT2D eigenvalue weighted by molar-refractivity contribution is 6.26. The predicted molar refractivity (Wildman–Crippen MR) is 105 cm³/mol. The molecule has 3 aromatic rings. The van der Waals surface area contributed by atoms with Crippen LogP contribution < -0.4 is 10.3 Å². The van der Waals surface area contributed by atoms with Gasteiger partial charge in [0.25, 0.3) is 11.8 Å². The van der Waals surface area contributed by atoms with Gasteiger partial charge in [-0.05, 0) is 23.6 Å². The number of anilines is 1. The van der Waals surface area contributed by atoms with Crippen molar-refractivity contribution in [2.75, 3.05) is 11.4 Å². The summed E-state index contributed by atoms with van der Waals surface area (Å²) in [5, 5.41) is 14.8. The molecule has 28 heavy (non-hydrogen) atoms. The maximum atomic E-state index is 12.7. The molecule has 7 nitrogen and oxygen atoms in total. The van der Waals surface area contributed by atoms with Gasteiger partial charge in [-0.3, -0.25) is 14.5 Å². The molecule has 138 valence electrons. The molecule has 4 rings (SSSR count). The average molecular weight is 373 g/mol. The molecule has 2 N–H and O–H groups in total. The lowest BCUT2D eigenvalue weighted by Gasteiger charge is -2.16. The first kappa shape index (κ1) is 17.4. The third-order valence-corrected chi connectivity index (χ3v) is 4.53. The molecule has 0 unspecified atom stereocenters. The number of carboxylic acids is 1. The second kappa shape index (κ2) is 6.96. The quantitative estimate of drug-likeness (QED) is 0.530. The molecule has 2 amide bonds. The van der Waals surface area contributed by atoms with E-state index in [0.717, 1.165) is 10.8 Å². The molecule has 0 spiro atoms. The Bertz CT molecular complexity index is 1150. The zero-order valence-electron chi connectivity index (χ0n) is 14.6. The molecule has 0 fully saturated rings. The van der Waals surface area contributed by atoms with Gasteiger partial charge in [0.2, 0.25) is 0 Å². The molecule has 0 aliphatic carbocycles. The Kier molecular flexibility index (Phi) is 4.33. The number of amides is 2. The van der Waals surface area contributed by atoms with Crippen molar-refractivity contribution in [2.45, 2.75) is 0 Å². The summed E-state index contributed by atoms with van der Waals surface area (Å²) in [5.74, 6) is -1.80. The second-order valence-electron chi connectivity index (χ2n) is 6.26. The van der Waals surface area contributed by atoms with Crippen LogP contribution in [0.25, 0.3) is 10.8 Å². The third-order valence-electron chi connectivity index (χ3n) is 4.53. The lowest BCUT2D eigenvalue weighted by molar-refractivity contribution is -0.119. The first-order chi connectivity index (χ1) is 13.6. The Morgan fingerprint density at radius 1 is 1.04 bits per heavy atom. The van der Waals surface area contributed by atoms with Crippen molar-refractivity contribution < 1.29 is 19.5 Å². The van der Waals surface area contributed by atoms with Crippen LogP contribution in [-0.4, -0.2) is 35.6 Å². The fourth-order valence-electron chi connectivity index (χ4n) is 3.29. The Morgan fingerprint density at radius 3 is 2.57 bits per heavy atom. The van der Waals surface area contributed by atoms with Crippen LogP contribution in [0.5, 0.6) is 0 Å². The largest absolute Gasteiger partial charge is 0.478 e. The number of nitrogens with one attached hydrogen (secondary N) is 1. The van der Waals surface area contributed by atoms with Gasteiger partial charge < -0.3 is 5.11 Å². The Hall–Kier alpha value is -4.00. The summed E-state index contributed by atoms with van der Waals surface area (Å²) < 4.78 is 0. The van der Waals surface area contributed by atoms with Crippen molar-refractivity contribution >= 4 is 40.5 Å². The van der Waals surface area contributed by atoms with E-state index in [2.05, 4.69) is 10.5 Å². The number of carboxylic acid groups (broad SMARTS) is 1. The molecular weight excluding hydrogens is 358 g/mol. The van der Waals surface area contributed by atoms with Gasteiger partial charge in [0.05, 0.1) is 17.5 Å². The van der Waals surface area contributed by atoms with Gasteiger partial charge in [0, 0.05) is 16.5 Å². The zero-order valence-corrected chi connectivity index (χ0v) is 14.6. The summed E-state index contributed by atoms with van der Waals surface area (Å²) in [4.78, 5) is 37.6. The van der Waals surface area contributed by atoms with E-state index in [-0.39, 0.29) is 18.0 Å². The van der Waals surface area contributed by atoms with Crippen LogP contribution in [0.1, 0.15) is 26.3 Å². The number of carbonyl (C=O) groups is 3. The monoisotopic (exact) mass is 373 g/mol. The average Bonchev–Trinajstić information content (AvgIpc) is 2.96. The summed E-state index contributed by atoms with van der Waals surface area (Å²) in [5.41, 5.74) is 4.05. The molecule has 1 aliphatic rings. The van der Waals surface area contributed by atoms with E-state index in [1.54, 1.807) is 30.3 Å². The maximum Gasteiger partial charge on any atom is 0.336 e. The number of aromatic carboxylic acids is 1. The lowest BCUT2D eigenvalue weighted by Crippen LogP contribution is -2.37. The fraction of sp³-hybridized carbons (Fsp3) is 0.0476. The van der Waals surface area contributed by atoms with Crippen LogP contribution >= 0.6 is 0 Å². The molecular formula is C21H15N3O4.